The van der Waals surface area contributed by atoms with Gasteiger partial charge >= 0.3 is 0 Å². The van der Waals surface area contributed by atoms with Crippen LogP contribution in [0.25, 0.3) is 11.1 Å². The molecule has 0 amide bonds. The summed E-state index contributed by atoms with van der Waals surface area (Å²) in [5, 5.41) is 0. The average Bonchev–Trinajstić information content (AvgIpc) is 3.19. The highest BCUT2D eigenvalue weighted by atomic mass is 14.4. The first-order valence-corrected chi connectivity index (χ1v) is 9.09. The second-order valence-corrected chi connectivity index (χ2v) is 8.06. The molecule has 0 aliphatic heterocycles. The Labute approximate surface area is 145 Å². The topological polar surface area (TPSA) is 0 Å². The molecule has 2 aliphatic rings. The minimum atomic E-state index is 0.121. The summed E-state index contributed by atoms with van der Waals surface area (Å²) in [6.07, 6.45) is 5.99. The molecule has 0 N–H and O–H groups in total. The van der Waals surface area contributed by atoms with E-state index in [0.29, 0.717) is 11.8 Å². The van der Waals surface area contributed by atoms with Gasteiger partial charge in [0.2, 0.25) is 0 Å². The molecule has 2 aromatic carbocycles. The van der Waals surface area contributed by atoms with E-state index < -0.39 is 0 Å². The number of fused-ring (bicyclic) bond motifs is 3. The van der Waals surface area contributed by atoms with Crippen LogP contribution in [0.1, 0.15) is 51.2 Å². The highest BCUT2D eigenvalue weighted by molar-refractivity contribution is 5.79. The molecule has 0 heteroatoms. The van der Waals surface area contributed by atoms with Gasteiger partial charge in [0, 0.05) is 5.92 Å². The lowest BCUT2D eigenvalue weighted by molar-refractivity contribution is 0.388. The Bertz CT molecular complexity index is 800. The molecule has 0 saturated carbocycles. The van der Waals surface area contributed by atoms with Gasteiger partial charge in [-0.3, -0.25) is 0 Å². The number of rotatable bonds is 3. The zero-order chi connectivity index (χ0) is 16.9. The Morgan fingerprint density at radius 2 is 1.42 bits per heavy atom. The monoisotopic (exact) mass is 314 g/mol. The maximum atomic E-state index is 2.47. The third-order valence-corrected chi connectivity index (χ3v) is 5.95. The first-order chi connectivity index (χ1) is 11.5. The Morgan fingerprint density at radius 3 is 1.92 bits per heavy atom. The van der Waals surface area contributed by atoms with Crippen molar-refractivity contribution in [2.45, 2.75) is 40.0 Å². The molecule has 0 bridgehead atoms. The molecule has 0 unspecified atom stereocenters. The molecule has 2 aliphatic carbocycles. The van der Waals surface area contributed by atoms with E-state index in [9.17, 15) is 0 Å². The van der Waals surface area contributed by atoms with E-state index in [4.69, 9.17) is 0 Å². The smallest absolute Gasteiger partial charge is 0.0190 e. The van der Waals surface area contributed by atoms with Crippen LogP contribution in [0, 0.1) is 11.3 Å². The number of benzene rings is 2. The summed E-state index contributed by atoms with van der Waals surface area (Å²) < 4.78 is 0. The first-order valence-electron chi connectivity index (χ1n) is 9.09. The van der Waals surface area contributed by atoms with Gasteiger partial charge in [0.05, 0.1) is 0 Å². The molecule has 24 heavy (non-hydrogen) atoms. The maximum Gasteiger partial charge on any atom is 0.0190 e. The summed E-state index contributed by atoms with van der Waals surface area (Å²) in [7, 11) is 0. The Morgan fingerprint density at radius 1 is 0.875 bits per heavy atom. The van der Waals surface area contributed by atoms with Gasteiger partial charge in [-0.25, -0.2) is 0 Å². The SMILES string of the molecule is CC(C)C1=CCC(C(C)(C)C2c3ccccc3-c3ccccc32)=C1. The van der Waals surface area contributed by atoms with Crippen LogP contribution in [0.5, 0.6) is 0 Å². The van der Waals surface area contributed by atoms with Gasteiger partial charge in [-0.2, -0.15) is 0 Å². The maximum absolute atomic E-state index is 2.47. The largest absolute Gasteiger partial charge is 0.0770 e. The highest BCUT2D eigenvalue weighted by Crippen LogP contribution is 2.56. The normalized spacial score (nSPS) is 16.9. The van der Waals surface area contributed by atoms with E-state index in [0.717, 1.165) is 6.42 Å². The fourth-order valence-corrected chi connectivity index (χ4v) is 4.52. The number of hydrogen-bond donors (Lipinski definition) is 0. The first kappa shape index (κ1) is 15.4. The van der Waals surface area contributed by atoms with Gasteiger partial charge in [-0.1, -0.05) is 94.0 Å². The molecule has 0 heterocycles. The van der Waals surface area contributed by atoms with Crippen molar-refractivity contribution in [3.05, 3.63) is 83.0 Å². The minimum Gasteiger partial charge on any atom is -0.0770 e. The predicted molar refractivity (Wildman–Crippen MR) is 103 cm³/mol. The lowest BCUT2D eigenvalue weighted by Crippen LogP contribution is -2.23. The second kappa shape index (κ2) is 5.48. The van der Waals surface area contributed by atoms with Crippen molar-refractivity contribution in [1.29, 1.82) is 0 Å². The van der Waals surface area contributed by atoms with Gasteiger partial charge in [-0.15, -0.1) is 0 Å². The van der Waals surface area contributed by atoms with Crippen LogP contribution in [-0.2, 0) is 0 Å². The molecule has 0 saturated heterocycles. The van der Waals surface area contributed by atoms with Crippen LogP contribution in [0.2, 0.25) is 0 Å². The molecular formula is C24H26. The van der Waals surface area contributed by atoms with Gasteiger partial charge in [0.1, 0.15) is 0 Å². The molecule has 0 fully saturated rings. The third-order valence-electron chi connectivity index (χ3n) is 5.95. The quantitative estimate of drug-likeness (QED) is 0.588. The van der Waals surface area contributed by atoms with Crippen LogP contribution in [0.3, 0.4) is 0 Å². The molecule has 4 rings (SSSR count). The highest BCUT2D eigenvalue weighted by Gasteiger charge is 2.41. The number of hydrogen-bond acceptors (Lipinski definition) is 0. The average molecular weight is 314 g/mol. The van der Waals surface area contributed by atoms with Crippen LogP contribution < -0.4 is 0 Å². The molecule has 0 radical (unpaired) electrons. The summed E-state index contributed by atoms with van der Waals surface area (Å²) in [6.45, 7) is 9.44. The van der Waals surface area contributed by atoms with Crippen molar-refractivity contribution in [3.8, 4) is 11.1 Å². The van der Waals surface area contributed by atoms with E-state index >= 15 is 0 Å². The fraction of sp³-hybridized carbons (Fsp3) is 0.333. The summed E-state index contributed by atoms with van der Waals surface area (Å²) in [6, 6.07) is 17.9. The van der Waals surface area contributed by atoms with Crippen molar-refractivity contribution >= 4 is 0 Å². The van der Waals surface area contributed by atoms with E-state index in [1.165, 1.54) is 27.8 Å². The van der Waals surface area contributed by atoms with Gasteiger partial charge in [0.15, 0.2) is 0 Å². The van der Waals surface area contributed by atoms with Crippen molar-refractivity contribution in [2.24, 2.45) is 11.3 Å². The molecular weight excluding hydrogens is 288 g/mol. The second-order valence-electron chi connectivity index (χ2n) is 8.06. The molecule has 0 atom stereocenters. The van der Waals surface area contributed by atoms with Crippen LogP contribution in [0.15, 0.2) is 71.8 Å². The summed E-state index contributed by atoms with van der Waals surface area (Å²) >= 11 is 0. The van der Waals surface area contributed by atoms with Crippen LogP contribution in [0.4, 0.5) is 0 Å². The lowest BCUT2D eigenvalue weighted by atomic mass is 9.68. The van der Waals surface area contributed by atoms with E-state index in [1.807, 2.05) is 0 Å². The van der Waals surface area contributed by atoms with Crippen molar-refractivity contribution in [2.75, 3.05) is 0 Å². The van der Waals surface area contributed by atoms with Gasteiger partial charge in [0.25, 0.3) is 0 Å². The molecule has 122 valence electrons. The molecule has 0 nitrogen and oxygen atoms in total. The van der Waals surface area contributed by atoms with E-state index in [-0.39, 0.29) is 5.41 Å². The summed E-state index contributed by atoms with van der Waals surface area (Å²) in [5.41, 5.74) is 9.00. The standard InChI is InChI=1S/C24H26/c1-16(2)17-13-14-18(15-17)24(3,4)23-21-11-7-5-9-19(21)20-10-6-8-12-22(20)23/h5-13,15-16,23H,14H2,1-4H3. The van der Waals surface area contributed by atoms with Gasteiger partial charge in [-0.05, 0) is 45.6 Å². The Hall–Kier alpha value is -2.08. The van der Waals surface area contributed by atoms with Gasteiger partial charge < -0.3 is 0 Å². The fourth-order valence-electron chi connectivity index (χ4n) is 4.52. The van der Waals surface area contributed by atoms with Crippen molar-refractivity contribution in [3.63, 3.8) is 0 Å². The number of allylic oxidation sites excluding steroid dienone is 4. The Kier molecular flexibility index (Phi) is 3.53. The summed E-state index contributed by atoms with van der Waals surface area (Å²) in [5.74, 6) is 1.05. The van der Waals surface area contributed by atoms with Crippen LogP contribution >= 0.6 is 0 Å². The molecule has 0 spiro atoms. The third kappa shape index (κ3) is 2.20. The summed E-state index contributed by atoms with van der Waals surface area (Å²) in [4.78, 5) is 0. The van der Waals surface area contributed by atoms with Crippen LogP contribution in [-0.4, -0.2) is 0 Å². The zero-order valence-electron chi connectivity index (χ0n) is 15.1. The van der Waals surface area contributed by atoms with E-state index in [1.54, 1.807) is 5.57 Å². The Balaban J connectivity index is 1.83. The minimum absolute atomic E-state index is 0.121. The molecule has 2 aromatic rings. The molecule has 0 aromatic heterocycles. The van der Waals surface area contributed by atoms with Crippen molar-refractivity contribution in [1.82, 2.24) is 0 Å². The lowest BCUT2D eigenvalue weighted by Gasteiger charge is -2.35. The van der Waals surface area contributed by atoms with Crippen molar-refractivity contribution < 1.29 is 0 Å². The predicted octanol–water partition coefficient (Wildman–Crippen LogP) is 6.74. The van der Waals surface area contributed by atoms with E-state index in [2.05, 4.69) is 88.4 Å². The zero-order valence-corrected chi connectivity index (χ0v) is 15.1.